The molecule has 2 rings (SSSR count). The molecule has 1 unspecified atom stereocenters. The van der Waals surface area contributed by atoms with Crippen LogP contribution in [0.15, 0.2) is 18.2 Å². The molecule has 2 N–H and O–H groups in total. The van der Waals surface area contributed by atoms with Crippen LogP contribution < -0.4 is 5.73 Å². The van der Waals surface area contributed by atoms with Gasteiger partial charge in [0.1, 0.15) is 11.4 Å². The fourth-order valence-corrected chi connectivity index (χ4v) is 2.19. The normalized spacial score (nSPS) is 19.5. The van der Waals surface area contributed by atoms with Gasteiger partial charge < -0.3 is 15.4 Å². The highest BCUT2D eigenvalue weighted by Crippen LogP contribution is 2.27. The van der Waals surface area contributed by atoms with Gasteiger partial charge in [-0.3, -0.25) is 0 Å². The number of carbonyl (C=O) groups excluding carboxylic acids is 1. The molecule has 5 nitrogen and oxygen atoms in total. The zero-order valence-corrected chi connectivity index (χ0v) is 11.7. The van der Waals surface area contributed by atoms with Gasteiger partial charge in [0.2, 0.25) is 0 Å². The summed E-state index contributed by atoms with van der Waals surface area (Å²) in [4.78, 5) is 18.0. The second kappa shape index (κ2) is 5.07. The fourth-order valence-electron chi connectivity index (χ4n) is 2.19. The Kier molecular flexibility index (Phi) is 3.64. The summed E-state index contributed by atoms with van der Waals surface area (Å²) in [7, 11) is 0. The van der Waals surface area contributed by atoms with E-state index in [0.717, 1.165) is 12.1 Å². The number of rotatable bonds is 1. The third kappa shape index (κ3) is 3.59. The third-order valence-corrected chi connectivity index (χ3v) is 3.05. The summed E-state index contributed by atoms with van der Waals surface area (Å²) in [6.45, 7) is 6.97. The van der Waals surface area contributed by atoms with Crippen LogP contribution in [0.3, 0.4) is 0 Å². The number of nitrogens with zero attached hydrogens (tertiary/aromatic N) is 2. The Bertz CT molecular complexity index is 468. The summed E-state index contributed by atoms with van der Waals surface area (Å²) < 4.78 is 5.37. The second-order valence-electron chi connectivity index (χ2n) is 5.90. The Morgan fingerprint density at radius 2 is 2.21 bits per heavy atom. The Morgan fingerprint density at radius 3 is 2.84 bits per heavy atom. The zero-order chi connectivity index (χ0) is 14.0. The van der Waals surface area contributed by atoms with Crippen molar-refractivity contribution in [2.75, 3.05) is 18.8 Å². The Labute approximate surface area is 113 Å². The topological polar surface area (TPSA) is 68.5 Å². The summed E-state index contributed by atoms with van der Waals surface area (Å²) >= 11 is 0. The molecule has 0 aromatic carbocycles. The molecule has 0 saturated carbocycles. The molecule has 5 heteroatoms. The molecule has 104 valence electrons. The van der Waals surface area contributed by atoms with Crippen molar-refractivity contribution >= 4 is 11.9 Å². The maximum Gasteiger partial charge on any atom is 0.410 e. The van der Waals surface area contributed by atoms with Crippen LogP contribution in [0.4, 0.5) is 10.6 Å². The van der Waals surface area contributed by atoms with Crippen molar-refractivity contribution in [1.29, 1.82) is 0 Å². The van der Waals surface area contributed by atoms with E-state index in [1.165, 1.54) is 0 Å². The first-order chi connectivity index (χ1) is 8.85. The van der Waals surface area contributed by atoms with Crippen molar-refractivity contribution in [2.24, 2.45) is 0 Å². The van der Waals surface area contributed by atoms with Crippen LogP contribution in [-0.4, -0.2) is 34.7 Å². The summed E-state index contributed by atoms with van der Waals surface area (Å²) in [5.41, 5.74) is 6.18. The number of nitrogens with two attached hydrogens (primary N) is 1. The highest BCUT2D eigenvalue weighted by atomic mass is 16.6. The molecule has 1 aromatic heterocycles. The maximum atomic E-state index is 12.0. The molecule has 0 aliphatic carbocycles. The number of hydrogen-bond donors (Lipinski definition) is 1. The van der Waals surface area contributed by atoms with Gasteiger partial charge in [-0.15, -0.1) is 0 Å². The van der Waals surface area contributed by atoms with Crippen LogP contribution >= 0.6 is 0 Å². The zero-order valence-electron chi connectivity index (χ0n) is 11.7. The minimum Gasteiger partial charge on any atom is -0.444 e. The molecule has 19 heavy (non-hydrogen) atoms. The van der Waals surface area contributed by atoms with Gasteiger partial charge in [-0.2, -0.15) is 0 Å². The van der Waals surface area contributed by atoms with Crippen molar-refractivity contribution in [3.8, 4) is 0 Å². The van der Waals surface area contributed by atoms with Gasteiger partial charge in [0.15, 0.2) is 0 Å². The van der Waals surface area contributed by atoms with Crippen molar-refractivity contribution in [3.63, 3.8) is 0 Å². The molecule has 1 amide bonds. The SMILES string of the molecule is CC(C)(C)OC(=O)N1CCC(c2cccc(N)n2)C1. The fraction of sp³-hybridized carbons (Fsp3) is 0.571. The van der Waals surface area contributed by atoms with Crippen LogP contribution in [0, 0.1) is 0 Å². The van der Waals surface area contributed by atoms with E-state index >= 15 is 0 Å². The molecule has 1 aliphatic rings. The Balaban J connectivity index is 1.98. The molecule has 1 atom stereocenters. The number of carbonyl (C=O) groups is 1. The lowest BCUT2D eigenvalue weighted by atomic mass is 10.0. The molecule has 1 aliphatic heterocycles. The molecule has 1 saturated heterocycles. The van der Waals surface area contributed by atoms with E-state index in [0.29, 0.717) is 18.9 Å². The Morgan fingerprint density at radius 1 is 1.47 bits per heavy atom. The van der Waals surface area contributed by atoms with Crippen LogP contribution in [0.1, 0.15) is 38.8 Å². The molecule has 0 radical (unpaired) electrons. The van der Waals surface area contributed by atoms with E-state index in [1.54, 1.807) is 11.0 Å². The van der Waals surface area contributed by atoms with Crippen LogP contribution in [0.5, 0.6) is 0 Å². The monoisotopic (exact) mass is 263 g/mol. The first-order valence-corrected chi connectivity index (χ1v) is 6.55. The van der Waals surface area contributed by atoms with Gasteiger partial charge in [-0.25, -0.2) is 9.78 Å². The first-order valence-electron chi connectivity index (χ1n) is 6.55. The largest absolute Gasteiger partial charge is 0.444 e. The number of anilines is 1. The predicted octanol–water partition coefficient (Wildman–Crippen LogP) is 2.39. The van der Waals surface area contributed by atoms with Gasteiger partial charge in [-0.1, -0.05) is 6.07 Å². The minimum absolute atomic E-state index is 0.246. The predicted molar refractivity (Wildman–Crippen MR) is 73.8 cm³/mol. The number of amides is 1. The van der Waals surface area contributed by atoms with Crippen molar-refractivity contribution in [1.82, 2.24) is 9.88 Å². The number of pyridine rings is 1. The number of likely N-dealkylation sites (tertiary alicyclic amines) is 1. The van der Waals surface area contributed by atoms with Crippen molar-refractivity contribution in [3.05, 3.63) is 23.9 Å². The van der Waals surface area contributed by atoms with E-state index in [-0.39, 0.29) is 12.0 Å². The summed E-state index contributed by atoms with van der Waals surface area (Å²) in [5, 5.41) is 0. The quantitative estimate of drug-likeness (QED) is 0.844. The van der Waals surface area contributed by atoms with E-state index in [9.17, 15) is 4.79 Å². The minimum atomic E-state index is -0.454. The maximum absolute atomic E-state index is 12.0. The van der Waals surface area contributed by atoms with E-state index in [2.05, 4.69) is 4.98 Å². The number of aromatic nitrogens is 1. The molecule has 2 heterocycles. The van der Waals surface area contributed by atoms with Crippen LogP contribution in [0.2, 0.25) is 0 Å². The van der Waals surface area contributed by atoms with Crippen LogP contribution in [-0.2, 0) is 4.74 Å². The molecular formula is C14H21N3O2. The van der Waals surface area contributed by atoms with Gasteiger partial charge in [0, 0.05) is 24.7 Å². The smallest absolute Gasteiger partial charge is 0.410 e. The summed E-state index contributed by atoms with van der Waals surface area (Å²) in [5.74, 6) is 0.768. The van der Waals surface area contributed by atoms with Gasteiger partial charge in [-0.05, 0) is 39.3 Å². The second-order valence-corrected chi connectivity index (χ2v) is 5.90. The molecule has 1 fully saturated rings. The highest BCUT2D eigenvalue weighted by molar-refractivity contribution is 5.68. The van der Waals surface area contributed by atoms with Crippen molar-refractivity contribution in [2.45, 2.75) is 38.7 Å². The lowest BCUT2D eigenvalue weighted by molar-refractivity contribution is 0.0292. The number of nitrogen functional groups attached to an aromatic ring is 1. The highest BCUT2D eigenvalue weighted by Gasteiger charge is 2.31. The average Bonchev–Trinajstić information content (AvgIpc) is 2.75. The summed E-state index contributed by atoms with van der Waals surface area (Å²) in [6.07, 6.45) is 0.647. The number of hydrogen-bond acceptors (Lipinski definition) is 4. The summed E-state index contributed by atoms with van der Waals surface area (Å²) in [6, 6.07) is 5.62. The molecule has 0 bridgehead atoms. The van der Waals surface area contributed by atoms with Crippen LogP contribution in [0.25, 0.3) is 0 Å². The molecule has 0 spiro atoms. The lowest BCUT2D eigenvalue weighted by Crippen LogP contribution is -2.35. The molecule has 1 aromatic rings. The standard InChI is InChI=1S/C14H21N3O2/c1-14(2,3)19-13(18)17-8-7-10(9-17)11-5-4-6-12(15)16-11/h4-6,10H,7-9H2,1-3H3,(H2,15,16). The van der Waals surface area contributed by atoms with E-state index in [4.69, 9.17) is 10.5 Å². The van der Waals surface area contributed by atoms with Gasteiger partial charge >= 0.3 is 6.09 Å². The van der Waals surface area contributed by atoms with E-state index in [1.807, 2.05) is 32.9 Å². The van der Waals surface area contributed by atoms with Gasteiger partial charge in [0.05, 0.1) is 0 Å². The van der Waals surface area contributed by atoms with E-state index < -0.39 is 5.60 Å². The third-order valence-electron chi connectivity index (χ3n) is 3.05. The average molecular weight is 263 g/mol. The van der Waals surface area contributed by atoms with Gasteiger partial charge in [0.25, 0.3) is 0 Å². The first kappa shape index (κ1) is 13.6. The lowest BCUT2D eigenvalue weighted by Gasteiger charge is -2.24. The molecular weight excluding hydrogens is 242 g/mol. The Hall–Kier alpha value is -1.78. The number of ether oxygens (including phenoxy) is 1. The van der Waals surface area contributed by atoms with Crippen molar-refractivity contribution < 1.29 is 9.53 Å².